The number of H-pyrrole nitrogens is 1. The molecule has 0 amide bonds. The topological polar surface area (TPSA) is 25.0 Å². The molecule has 0 aliphatic rings. The van der Waals surface area contributed by atoms with E-state index in [1.807, 2.05) is 24.3 Å². The van der Waals surface area contributed by atoms with Gasteiger partial charge in [-0.1, -0.05) is 12.6 Å². The van der Waals surface area contributed by atoms with Crippen molar-refractivity contribution in [3.05, 3.63) is 36.5 Å². The third-order valence-corrected chi connectivity index (χ3v) is 2.08. The van der Waals surface area contributed by atoms with Gasteiger partial charge in [-0.15, -0.1) is 0 Å². The fourth-order valence-electron chi connectivity index (χ4n) is 1.44. The Labute approximate surface area is 76.8 Å². The molecule has 0 bridgehead atoms. The lowest BCUT2D eigenvalue weighted by atomic mass is 10.2. The highest BCUT2D eigenvalue weighted by Crippen LogP contribution is 2.25. The molecule has 1 aromatic heterocycles. The summed E-state index contributed by atoms with van der Waals surface area (Å²) in [6.07, 6.45) is 1.79. The molecule has 2 aromatic rings. The van der Waals surface area contributed by atoms with E-state index >= 15 is 0 Å². The molecule has 2 nitrogen and oxygen atoms in total. The summed E-state index contributed by atoms with van der Waals surface area (Å²) in [5.41, 5.74) is 2.09. The molecule has 2 rings (SSSR count). The highest BCUT2D eigenvalue weighted by Gasteiger charge is 2.02. The average molecular weight is 173 g/mol. The molecule has 0 radical (unpaired) electrons. The summed E-state index contributed by atoms with van der Waals surface area (Å²) in [6, 6.07) is 7.96. The van der Waals surface area contributed by atoms with Crippen LogP contribution in [0.25, 0.3) is 17.0 Å². The van der Waals surface area contributed by atoms with E-state index in [-0.39, 0.29) is 0 Å². The lowest BCUT2D eigenvalue weighted by Crippen LogP contribution is -1.81. The molecule has 0 unspecified atom stereocenters. The molecule has 0 spiro atoms. The fourth-order valence-corrected chi connectivity index (χ4v) is 1.44. The van der Waals surface area contributed by atoms with Crippen LogP contribution in [-0.4, -0.2) is 12.1 Å². The largest absolute Gasteiger partial charge is 0.496 e. The number of ether oxygens (including phenoxy) is 1. The Hall–Kier alpha value is -1.70. The van der Waals surface area contributed by atoms with Crippen molar-refractivity contribution in [1.29, 1.82) is 0 Å². The predicted molar refractivity (Wildman–Crippen MR) is 54.9 cm³/mol. The average Bonchev–Trinajstić information content (AvgIpc) is 2.59. The van der Waals surface area contributed by atoms with Crippen molar-refractivity contribution in [3.8, 4) is 5.75 Å². The second-order valence-electron chi connectivity index (χ2n) is 2.85. The Bertz CT molecular complexity index is 442. The van der Waals surface area contributed by atoms with E-state index in [9.17, 15) is 0 Å². The van der Waals surface area contributed by atoms with Gasteiger partial charge in [0.05, 0.1) is 7.11 Å². The van der Waals surface area contributed by atoms with Crippen molar-refractivity contribution in [1.82, 2.24) is 4.98 Å². The highest BCUT2D eigenvalue weighted by molar-refractivity contribution is 5.88. The lowest BCUT2D eigenvalue weighted by Gasteiger charge is -1.99. The zero-order chi connectivity index (χ0) is 9.26. The van der Waals surface area contributed by atoms with Crippen LogP contribution in [0.5, 0.6) is 5.75 Å². The minimum Gasteiger partial charge on any atom is -0.496 e. The van der Waals surface area contributed by atoms with E-state index < -0.39 is 0 Å². The highest BCUT2D eigenvalue weighted by atomic mass is 16.5. The molecule has 0 aliphatic heterocycles. The van der Waals surface area contributed by atoms with Crippen molar-refractivity contribution >= 4 is 17.0 Å². The molecule has 1 N–H and O–H groups in total. The molecule has 1 heterocycles. The smallest absolute Gasteiger partial charge is 0.128 e. The van der Waals surface area contributed by atoms with Crippen molar-refractivity contribution in [3.63, 3.8) is 0 Å². The summed E-state index contributed by atoms with van der Waals surface area (Å²) in [4.78, 5) is 3.22. The van der Waals surface area contributed by atoms with Gasteiger partial charge in [0.1, 0.15) is 5.75 Å². The van der Waals surface area contributed by atoms with E-state index in [1.165, 1.54) is 0 Å². The first-order valence-corrected chi connectivity index (χ1v) is 4.13. The summed E-state index contributed by atoms with van der Waals surface area (Å²) >= 11 is 0. The van der Waals surface area contributed by atoms with Crippen LogP contribution < -0.4 is 4.74 Å². The maximum atomic E-state index is 5.23. The van der Waals surface area contributed by atoms with E-state index in [1.54, 1.807) is 13.2 Å². The third-order valence-electron chi connectivity index (χ3n) is 2.08. The summed E-state index contributed by atoms with van der Waals surface area (Å²) in [5.74, 6) is 0.891. The molecule has 0 aliphatic carbocycles. The maximum absolute atomic E-state index is 5.23. The number of rotatable bonds is 2. The molecule has 0 saturated carbocycles. The Kier molecular flexibility index (Phi) is 1.81. The SMILES string of the molecule is C=Cc1cc2c(OC)cccc2[nH]1. The summed E-state index contributed by atoms with van der Waals surface area (Å²) in [5, 5.41) is 1.10. The first kappa shape index (κ1) is 7.92. The number of methoxy groups -OCH3 is 1. The number of fused-ring (bicyclic) bond motifs is 1. The van der Waals surface area contributed by atoms with Crippen molar-refractivity contribution in [2.75, 3.05) is 7.11 Å². The van der Waals surface area contributed by atoms with Crippen molar-refractivity contribution < 1.29 is 4.74 Å². The zero-order valence-corrected chi connectivity index (χ0v) is 7.50. The van der Waals surface area contributed by atoms with Crippen LogP contribution in [0.1, 0.15) is 5.69 Å². The van der Waals surface area contributed by atoms with Gasteiger partial charge in [-0.25, -0.2) is 0 Å². The van der Waals surface area contributed by atoms with Gasteiger partial charge in [0.25, 0.3) is 0 Å². The minimum absolute atomic E-state index is 0.891. The molecular weight excluding hydrogens is 162 g/mol. The van der Waals surface area contributed by atoms with Gasteiger partial charge in [-0.2, -0.15) is 0 Å². The molecular formula is C11H11NO. The molecule has 0 atom stereocenters. The van der Waals surface area contributed by atoms with Gasteiger partial charge in [0.2, 0.25) is 0 Å². The normalized spacial score (nSPS) is 10.2. The molecule has 2 heteroatoms. The predicted octanol–water partition coefficient (Wildman–Crippen LogP) is 2.82. The zero-order valence-electron chi connectivity index (χ0n) is 7.50. The molecule has 1 aromatic carbocycles. The Morgan fingerprint density at radius 3 is 3.00 bits per heavy atom. The van der Waals surface area contributed by atoms with Gasteiger partial charge in [-0.3, -0.25) is 0 Å². The van der Waals surface area contributed by atoms with Crippen LogP contribution in [-0.2, 0) is 0 Å². The number of nitrogens with one attached hydrogen (secondary N) is 1. The van der Waals surface area contributed by atoms with Crippen LogP contribution >= 0.6 is 0 Å². The summed E-state index contributed by atoms with van der Waals surface area (Å²) in [6.45, 7) is 3.71. The Balaban J connectivity index is 2.74. The summed E-state index contributed by atoms with van der Waals surface area (Å²) in [7, 11) is 1.68. The van der Waals surface area contributed by atoms with E-state index in [0.717, 1.165) is 22.3 Å². The standard InChI is InChI=1S/C11H11NO/c1-3-8-7-9-10(12-8)5-4-6-11(9)13-2/h3-7,12H,1H2,2H3. The van der Waals surface area contributed by atoms with Crippen molar-refractivity contribution in [2.45, 2.75) is 0 Å². The first-order valence-electron chi connectivity index (χ1n) is 4.13. The molecule has 0 saturated heterocycles. The summed E-state index contributed by atoms with van der Waals surface area (Å²) < 4.78 is 5.23. The minimum atomic E-state index is 0.891. The lowest BCUT2D eigenvalue weighted by molar-refractivity contribution is 0.420. The van der Waals surface area contributed by atoms with Crippen LogP contribution in [0.15, 0.2) is 30.8 Å². The Morgan fingerprint density at radius 2 is 2.31 bits per heavy atom. The fraction of sp³-hybridized carbons (Fsp3) is 0.0909. The van der Waals surface area contributed by atoms with Gasteiger partial charge < -0.3 is 9.72 Å². The number of benzene rings is 1. The van der Waals surface area contributed by atoms with Gasteiger partial charge in [0, 0.05) is 16.6 Å². The molecule has 13 heavy (non-hydrogen) atoms. The second-order valence-corrected chi connectivity index (χ2v) is 2.85. The van der Waals surface area contributed by atoms with Crippen molar-refractivity contribution in [2.24, 2.45) is 0 Å². The van der Waals surface area contributed by atoms with E-state index in [4.69, 9.17) is 4.74 Å². The Morgan fingerprint density at radius 1 is 1.46 bits per heavy atom. The van der Waals surface area contributed by atoms with E-state index in [2.05, 4.69) is 11.6 Å². The molecule has 66 valence electrons. The van der Waals surface area contributed by atoms with Crippen LogP contribution in [0.2, 0.25) is 0 Å². The van der Waals surface area contributed by atoms with Gasteiger partial charge in [-0.05, 0) is 24.3 Å². The quantitative estimate of drug-likeness (QED) is 0.742. The van der Waals surface area contributed by atoms with Gasteiger partial charge >= 0.3 is 0 Å². The van der Waals surface area contributed by atoms with Crippen LogP contribution in [0, 0.1) is 0 Å². The van der Waals surface area contributed by atoms with Crippen LogP contribution in [0.4, 0.5) is 0 Å². The first-order chi connectivity index (χ1) is 6.35. The number of hydrogen-bond acceptors (Lipinski definition) is 1. The third kappa shape index (κ3) is 1.20. The number of aromatic amines is 1. The number of aromatic nitrogens is 1. The van der Waals surface area contributed by atoms with Crippen LogP contribution in [0.3, 0.4) is 0 Å². The second kappa shape index (κ2) is 2.98. The van der Waals surface area contributed by atoms with E-state index in [0.29, 0.717) is 0 Å². The van der Waals surface area contributed by atoms with Gasteiger partial charge in [0.15, 0.2) is 0 Å². The molecule has 0 fully saturated rings. The maximum Gasteiger partial charge on any atom is 0.128 e. The monoisotopic (exact) mass is 173 g/mol. The number of hydrogen-bond donors (Lipinski definition) is 1.